The number of hydrogen-bond donors (Lipinski definition) is 4. The van der Waals surface area contributed by atoms with Crippen LogP contribution < -0.4 is 16.6 Å². The van der Waals surface area contributed by atoms with Crippen LogP contribution in [0.15, 0.2) is 24.7 Å². The molecule has 0 aromatic carbocycles. The monoisotopic (exact) mass is 259 g/mol. The highest BCUT2D eigenvalue weighted by Crippen LogP contribution is 2.19. The van der Waals surface area contributed by atoms with Gasteiger partial charge in [0.05, 0.1) is 18.1 Å². The molecule has 0 saturated heterocycles. The molecular formula is C10H13N9. The molecule has 0 bridgehead atoms. The summed E-state index contributed by atoms with van der Waals surface area (Å²) in [7, 11) is 0. The van der Waals surface area contributed by atoms with E-state index in [1.807, 2.05) is 16.9 Å². The molecule has 5 N–H and O–H groups in total. The van der Waals surface area contributed by atoms with Gasteiger partial charge >= 0.3 is 0 Å². The first kappa shape index (κ1) is 11.4. The highest BCUT2D eigenvalue weighted by Gasteiger charge is 2.08. The topological polar surface area (TPSA) is 122 Å². The van der Waals surface area contributed by atoms with Crippen molar-refractivity contribution < 1.29 is 0 Å². The van der Waals surface area contributed by atoms with Gasteiger partial charge in [0, 0.05) is 18.9 Å². The van der Waals surface area contributed by atoms with E-state index >= 15 is 0 Å². The molecule has 9 nitrogen and oxygen atoms in total. The summed E-state index contributed by atoms with van der Waals surface area (Å²) in [5, 5.41) is 14.9. The summed E-state index contributed by atoms with van der Waals surface area (Å²) in [5.74, 6) is 6.34. The van der Waals surface area contributed by atoms with Crippen LogP contribution in [-0.4, -0.2) is 36.5 Å². The second-order valence-corrected chi connectivity index (χ2v) is 3.87. The second kappa shape index (κ2) is 4.90. The van der Waals surface area contributed by atoms with Crippen LogP contribution in [0.25, 0.3) is 11.0 Å². The normalized spacial score (nSPS) is 10.8. The van der Waals surface area contributed by atoms with Gasteiger partial charge in [0.2, 0.25) is 5.95 Å². The van der Waals surface area contributed by atoms with Crippen molar-refractivity contribution >= 4 is 22.8 Å². The zero-order valence-corrected chi connectivity index (χ0v) is 10.0. The van der Waals surface area contributed by atoms with E-state index in [2.05, 4.69) is 36.0 Å². The van der Waals surface area contributed by atoms with Crippen molar-refractivity contribution in [1.29, 1.82) is 0 Å². The minimum Gasteiger partial charge on any atom is -0.367 e. The lowest BCUT2D eigenvalue weighted by atomic mass is 10.4. The van der Waals surface area contributed by atoms with Crippen molar-refractivity contribution in [2.75, 3.05) is 17.3 Å². The molecule has 19 heavy (non-hydrogen) atoms. The maximum absolute atomic E-state index is 5.33. The Morgan fingerprint density at radius 1 is 1.37 bits per heavy atom. The van der Waals surface area contributed by atoms with Crippen LogP contribution >= 0.6 is 0 Å². The lowest BCUT2D eigenvalue weighted by Gasteiger charge is -2.08. The molecule has 3 heterocycles. The molecule has 0 amide bonds. The van der Waals surface area contributed by atoms with Crippen LogP contribution in [-0.2, 0) is 6.54 Å². The average molecular weight is 259 g/mol. The summed E-state index contributed by atoms with van der Waals surface area (Å²) in [6.07, 6.45) is 5.32. The minimum atomic E-state index is 0.332. The van der Waals surface area contributed by atoms with Crippen LogP contribution in [0.3, 0.4) is 0 Å². The summed E-state index contributed by atoms with van der Waals surface area (Å²) in [4.78, 5) is 8.41. The van der Waals surface area contributed by atoms with Gasteiger partial charge in [-0.05, 0) is 6.07 Å². The van der Waals surface area contributed by atoms with Gasteiger partial charge in [-0.2, -0.15) is 20.2 Å². The third kappa shape index (κ3) is 2.31. The summed E-state index contributed by atoms with van der Waals surface area (Å²) >= 11 is 0. The van der Waals surface area contributed by atoms with Gasteiger partial charge in [0.25, 0.3) is 0 Å². The number of rotatable bonds is 5. The van der Waals surface area contributed by atoms with Gasteiger partial charge in [-0.3, -0.25) is 15.2 Å². The number of nitrogens with one attached hydrogen (secondary N) is 3. The zero-order chi connectivity index (χ0) is 13.1. The van der Waals surface area contributed by atoms with Crippen molar-refractivity contribution in [3.05, 3.63) is 24.7 Å². The third-order valence-corrected chi connectivity index (χ3v) is 2.63. The van der Waals surface area contributed by atoms with Gasteiger partial charge < -0.3 is 5.32 Å². The fourth-order valence-electron chi connectivity index (χ4n) is 1.76. The maximum atomic E-state index is 5.33. The van der Waals surface area contributed by atoms with Gasteiger partial charge in [0.15, 0.2) is 5.65 Å². The molecule has 0 aliphatic rings. The highest BCUT2D eigenvalue weighted by molar-refractivity contribution is 5.86. The Morgan fingerprint density at radius 3 is 3.11 bits per heavy atom. The molecule has 0 saturated carbocycles. The van der Waals surface area contributed by atoms with Crippen LogP contribution in [0.4, 0.5) is 11.8 Å². The Balaban J connectivity index is 1.77. The molecule has 0 aliphatic carbocycles. The Morgan fingerprint density at radius 2 is 2.32 bits per heavy atom. The fraction of sp³-hybridized carbons (Fsp3) is 0.200. The van der Waals surface area contributed by atoms with Gasteiger partial charge in [-0.1, -0.05) is 0 Å². The Bertz CT molecular complexity index is 657. The van der Waals surface area contributed by atoms with E-state index in [1.54, 1.807) is 12.4 Å². The second-order valence-electron chi connectivity index (χ2n) is 3.87. The van der Waals surface area contributed by atoms with E-state index in [0.29, 0.717) is 24.0 Å². The van der Waals surface area contributed by atoms with Crippen LogP contribution in [0.1, 0.15) is 0 Å². The van der Waals surface area contributed by atoms with E-state index in [9.17, 15) is 0 Å². The zero-order valence-electron chi connectivity index (χ0n) is 10.0. The molecule has 9 heteroatoms. The largest absolute Gasteiger partial charge is 0.367 e. The summed E-state index contributed by atoms with van der Waals surface area (Å²) in [6, 6.07) is 1.88. The molecule has 0 aliphatic heterocycles. The quantitative estimate of drug-likeness (QED) is 0.374. The first-order valence-electron chi connectivity index (χ1n) is 5.76. The number of hydrazine groups is 1. The smallest absolute Gasteiger partial charge is 0.241 e. The SMILES string of the molecule is NNc1nc(NCCn2cccn2)c2cn[nH]c2n1. The summed E-state index contributed by atoms with van der Waals surface area (Å²) < 4.78 is 1.84. The summed E-state index contributed by atoms with van der Waals surface area (Å²) in [5.41, 5.74) is 3.05. The number of H-pyrrole nitrogens is 1. The number of anilines is 2. The number of fused-ring (bicyclic) bond motifs is 1. The first-order valence-corrected chi connectivity index (χ1v) is 5.76. The number of nitrogen functional groups attached to an aromatic ring is 1. The van der Waals surface area contributed by atoms with Crippen molar-refractivity contribution in [2.24, 2.45) is 5.84 Å². The standard InChI is InChI=1S/C10H13N9/c11-17-10-15-8(7-6-13-18-9(7)16-10)12-3-5-19-4-1-2-14-19/h1-2,4,6H,3,5,11H2,(H3,12,13,15,16,17,18). The van der Waals surface area contributed by atoms with Crippen LogP contribution in [0.2, 0.25) is 0 Å². The van der Waals surface area contributed by atoms with Gasteiger partial charge in [-0.15, -0.1) is 0 Å². The predicted octanol–water partition coefficient (Wildman–Crippen LogP) is -0.0529. The molecule has 3 aromatic rings. The van der Waals surface area contributed by atoms with E-state index in [-0.39, 0.29) is 0 Å². The van der Waals surface area contributed by atoms with Gasteiger partial charge in [-0.25, -0.2) is 5.84 Å². The number of hydrogen-bond acceptors (Lipinski definition) is 7. The van der Waals surface area contributed by atoms with Crippen molar-refractivity contribution in [2.45, 2.75) is 6.54 Å². The molecule has 0 unspecified atom stereocenters. The lowest BCUT2D eigenvalue weighted by molar-refractivity contribution is 0.637. The number of nitrogens with two attached hydrogens (primary N) is 1. The lowest BCUT2D eigenvalue weighted by Crippen LogP contribution is -2.15. The Hall–Kier alpha value is -2.68. The van der Waals surface area contributed by atoms with Crippen LogP contribution in [0, 0.1) is 0 Å². The average Bonchev–Trinajstić information content (AvgIpc) is 3.08. The molecule has 0 spiro atoms. The molecule has 0 atom stereocenters. The molecule has 3 rings (SSSR count). The van der Waals surface area contributed by atoms with Gasteiger partial charge in [0.1, 0.15) is 5.82 Å². The maximum Gasteiger partial charge on any atom is 0.241 e. The van der Waals surface area contributed by atoms with E-state index in [1.165, 1.54) is 0 Å². The Labute approximate surface area is 108 Å². The molecule has 0 radical (unpaired) electrons. The Kier molecular flexibility index (Phi) is 2.94. The molecule has 0 fully saturated rings. The predicted molar refractivity (Wildman–Crippen MR) is 70.2 cm³/mol. The third-order valence-electron chi connectivity index (χ3n) is 2.63. The minimum absolute atomic E-state index is 0.332. The highest BCUT2D eigenvalue weighted by atomic mass is 15.3. The van der Waals surface area contributed by atoms with E-state index < -0.39 is 0 Å². The number of aromatic amines is 1. The van der Waals surface area contributed by atoms with Crippen molar-refractivity contribution in [3.8, 4) is 0 Å². The van der Waals surface area contributed by atoms with E-state index in [0.717, 1.165) is 11.9 Å². The number of aromatic nitrogens is 6. The van der Waals surface area contributed by atoms with Crippen molar-refractivity contribution in [3.63, 3.8) is 0 Å². The molecule has 98 valence electrons. The van der Waals surface area contributed by atoms with Crippen molar-refractivity contribution in [1.82, 2.24) is 29.9 Å². The first-order chi connectivity index (χ1) is 9.36. The number of nitrogens with zero attached hydrogens (tertiary/aromatic N) is 5. The van der Waals surface area contributed by atoms with Crippen LogP contribution in [0.5, 0.6) is 0 Å². The molecule has 3 aromatic heterocycles. The fourth-order valence-corrected chi connectivity index (χ4v) is 1.76. The molecular weight excluding hydrogens is 246 g/mol. The van der Waals surface area contributed by atoms with E-state index in [4.69, 9.17) is 5.84 Å². The summed E-state index contributed by atoms with van der Waals surface area (Å²) in [6.45, 7) is 1.42.